The molecule has 0 aliphatic carbocycles. The number of nitrogens with one attached hydrogen (secondary N) is 1. The Kier molecular flexibility index (Phi) is 4.41. The zero-order valence-corrected chi connectivity index (χ0v) is 14.0. The summed E-state index contributed by atoms with van der Waals surface area (Å²) < 4.78 is 41.2. The lowest BCUT2D eigenvalue weighted by Crippen LogP contribution is -2.16. The van der Waals surface area contributed by atoms with E-state index in [1.54, 1.807) is 20.0 Å². The van der Waals surface area contributed by atoms with E-state index < -0.39 is 11.7 Å². The average Bonchev–Trinajstić information content (AvgIpc) is 3.07. The van der Waals surface area contributed by atoms with Crippen molar-refractivity contribution in [3.05, 3.63) is 35.7 Å². The van der Waals surface area contributed by atoms with Gasteiger partial charge in [0.2, 0.25) is 5.91 Å². The second kappa shape index (κ2) is 6.39. The van der Waals surface area contributed by atoms with Crippen molar-refractivity contribution in [1.82, 2.24) is 24.4 Å². The highest BCUT2D eigenvalue weighted by molar-refractivity contribution is 7.99. The van der Waals surface area contributed by atoms with Crippen LogP contribution in [0.2, 0.25) is 0 Å². The Morgan fingerprint density at radius 2 is 2.08 bits per heavy atom. The van der Waals surface area contributed by atoms with Crippen molar-refractivity contribution in [3.8, 4) is 0 Å². The van der Waals surface area contributed by atoms with Gasteiger partial charge in [-0.05, 0) is 19.1 Å². The maximum Gasteiger partial charge on any atom is 0.417 e. The molecule has 3 heterocycles. The molecule has 25 heavy (non-hydrogen) atoms. The second-order valence-electron chi connectivity index (χ2n) is 5.26. The minimum absolute atomic E-state index is 0.0265. The third-order valence-corrected chi connectivity index (χ3v) is 4.24. The van der Waals surface area contributed by atoms with Gasteiger partial charge < -0.3 is 5.32 Å². The lowest BCUT2D eigenvalue weighted by Gasteiger charge is -2.07. The highest BCUT2D eigenvalue weighted by Crippen LogP contribution is 2.30. The van der Waals surface area contributed by atoms with Crippen molar-refractivity contribution in [3.63, 3.8) is 0 Å². The third-order valence-electron chi connectivity index (χ3n) is 3.30. The van der Waals surface area contributed by atoms with Gasteiger partial charge in [0.1, 0.15) is 5.82 Å². The topological polar surface area (TPSA) is 77.1 Å². The number of hydrogen-bond donors (Lipinski definition) is 1. The van der Waals surface area contributed by atoms with Crippen molar-refractivity contribution >= 4 is 29.1 Å². The van der Waals surface area contributed by atoms with Gasteiger partial charge in [-0.15, -0.1) is 10.2 Å². The summed E-state index contributed by atoms with van der Waals surface area (Å²) in [6.45, 7) is 1.80. The van der Waals surface area contributed by atoms with Crippen LogP contribution in [-0.4, -0.2) is 36.0 Å². The molecule has 3 aromatic rings. The normalized spacial score (nSPS) is 11.9. The summed E-state index contributed by atoms with van der Waals surface area (Å²) in [4.78, 5) is 12.0. The van der Waals surface area contributed by atoms with Crippen LogP contribution >= 0.6 is 11.8 Å². The van der Waals surface area contributed by atoms with Crippen LogP contribution < -0.4 is 5.32 Å². The van der Waals surface area contributed by atoms with Gasteiger partial charge in [0.25, 0.3) is 0 Å². The molecular weight excluding hydrogens is 357 g/mol. The molecule has 11 heteroatoms. The molecule has 0 aromatic carbocycles. The van der Waals surface area contributed by atoms with Crippen molar-refractivity contribution < 1.29 is 18.0 Å². The van der Waals surface area contributed by atoms with E-state index in [-0.39, 0.29) is 22.5 Å². The molecule has 0 aliphatic heterocycles. The Labute approximate surface area is 144 Å². The van der Waals surface area contributed by atoms with Crippen LogP contribution in [0.4, 0.5) is 19.0 Å². The van der Waals surface area contributed by atoms with E-state index in [2.05, 4.69) is 20.6 Å². The molecule has 3 aromatic heterocycles. The van der Waals surface area contributed by atoms with Crippen LogP contribution in [0.15, 0.2) is 29.6 Å². The number of carbonyl (C=O) groups is 1. The number of rotatable bonds is 4. The molecule has 0 aliphatic rings. The second-order valence-corrected chi connectivity index (χ2v) is 6.20. The SMILES string of the molecule is Cc1cc(NC(=O)CSc2nnc3ccc(C(F)(F)F)cn23)n(C)n1. The lowest BCUT2D eigenvalue weighted by atomic mass is 10.3. The zero-order chi connectivity index (χ0) is 18.2. The summed E-state index contributed by atoms with van der Waals surface area (Å²) in [6, 6.07) is 3.89. The third kappa shape index (κ3) is 3.76. The van der Waals surface area contributed by atoms with Gasteiger partial charge in [0, 0.05) is 19.3 Å². The molecule has 3 rings (SSSR count). The number of alkyl halides is 3. The largest absolute Gasteiger partial charge is 0.417 e. The van der Waals surface area contributed by atoms with Gasteiger partial charge in [-0.25, -0.2) is 0 Å². The van der Waals surface area contributed by atoms with Crippen molar-refractivity contribution in [2.24, 2.45) is 7.05 Å². The van der Waals surface area contributed by atoms with E-state index in [0.29, 0.717) is 5.82 Å². The van der Waals surface area contributed by atoms with Crippen LogP contribution in [0.1, 0.15) is 11.3 Å². The summed E-state index contributed by atoms with van der Waals surface area (Å²) in [5, 5.41) is 14.6. The number of thioether (sulfide) groups is 1. The molecule has 132 valence electrons. The summed E-state index contributed by atoms with van der Waals surface area (Å²) in [5.41, 5.74) is 0.225. The number of anilines is 1. The van der Waals surface area contributed by atoms with Crippen molar-refractivity contribution in [2.45, 2.75) is 18.3 Å². The van der Waals surface area contributed by atoms with Gasteiger partial charge in [0.15, 0.2) is 10.8 Å². The number of aromatic nitrogens is 5. The van der Waals surface area contributed by atoms with E-state index in [1.807, 2.05) is 0 Å². The molecule has 7 nitrogen and oxygen atoms in total. The van der Waals surface area contributed by atoms with Gasteiger partial charge in [-0.2, -0.15) is 18.3 Å². The number of hydrogen-bond acceptors (Lipinski definition) is 5. The maximum absolute atomic E-state index is 12.8. The fourth-order valence-corrected chi connectivity index (χ4v) is 2.89. The van der Waals surface area contributed by atoms with E-state index >= 15 is 0 Å². The lowest BCUT2D eigenvalue weighted by molar-refractivity contribution is -0.137. The summed E-state index contributed by atoms with van der Waals surface area (Å²) in [5.74, 6) is 0.187. The fraction of sp³-hybridized carbons (Fsp3) is 0.286. The van der Waals surface area contributed by atoms with Gasteiger partial charge >= 0.3 is 6.18 Å². The monoisotopic (exact) mass is 370 g/mol. The Hall–Kier alpha value is -2.56. The fourth-order valence-electron chi connectivity index (χ4n) is 2.17. The highest BCUT2D eigenvalue weighted by Gasteiger charge is 2.31. The van der Waals surface area contributed by atoms with E-state index in [4.69, 9.17) is 0 Å². The van der Waals surface area contributed by atoms with Crippen molar-refractivity contribution in [2.75, 3.05) is 11.1 Å². The summed E-state index contributed by atoms with van der Waals surface area (Å²) in [7, 11) is 1.69. The van der Waals surface area contributed by atoms with E-state index in [0.717, 1.165) is 29.7 Å². The predicted molar refractivity (Wildman–Crippen MR) is 85.3 cm³/mol. The Morgan fingerprint density at radius 1 is 1.32 bits per heavy atom. The molecule has 0 saturated heterocycles. The Morgan fingerprint density at radius 3 is 2.72 bits per heavy atom. The van der Waals surface area contributed by atoms with E-state index in [9.17, 15) is 18.0 Å². The quantitative estimate of drug-likeness (QED) is 0.714. The standard InChI is InChI=1S/C14H13F3N6OS/c1-8-5-11(22(2)21-8)18-12(24)7-25-13-20-19-10-4-3-9(6-23(10)13)14(15,16)17/h3-6H,7H2,1-2H3,(H,18,24). The van der Waals surface area contributed by atoms with Crippen LogP contribution in [0, 0.1) is 6.92 Å². The number of halogens is 3. The van der Waals surface area contributed by atoms with Crippen LogP contribution in [-0.2, 0) is 18.0 Å². The summed E-state index contributed by atoms with van der Waals surface area (Å²) >= 11 is 0.996. The molecule has 0 atom stereocenters. The molecular formula is C14H13F3N6OS. The minimum atomic E-state index is -4.46. The Bertz CT molecular complexity index is 932. The van der Waals surface area contributed by atoms with Gasteiger partial charge in [0.05, 0.1) is 17.0 Å². The van der Waals surface area contributed by atoms with Crippen LogP contribution in [0.25, 0.3) is 5.65 Å². The van der Waals surface area contributed by atoms with Gasteiger partial charge in [-0.1, -0.05) is 11.8 Å². The molecule has 0 saturated carbocycles. The minimum Gasteiger partial charge on any atom is -0.310 e. The smallest absolute Gasteiger partial charge is 0.310 e. The number of amides is 1. The number of carbonyl (C=O) groups excluding carboxylic acids is 1. The van der Waals surface area contributed by atoms with E-state index in [1.165, 1.54) is 15.1 Å². The summed E-state index contributed by atoms with van der Waals surface area (Å²) in [6.07, 6.45) is -3.55. The predicted octanol–water partition coefficient (Wildman–Crippen LogP) is 2.52. The number of nitrogens with zero attached hydrogens (tertiary/aromatic N) is 5. The number of aryl methyl sites for hydroxylation is 2. The van der Waals surface area contributed by atoms with Crippen molar-refractivity contribution in [1.29, 1.82) is 0 Å². The molecule has 0 fully saturated rings. The maximum atomic E-state index is 12.8. The highest BCUT2D eigenvalue weighted by atomic mass is 32.2. The first kappa shape index (κ1) is 17.3. The molecule has 0 spiro atoms. The molecule has 1 amide bonds. The molecule has 0 bridgehead atoms. The van der Waals surface area contributed by atoms with Crippen LogP contribution in [0.3, 0.4) is 0 Å². The zero-order valence-electron chi connectivity index (χ0n) is 13.2. The first-order chi connectivity index (χ1) is 11.7. The molecule has 0 unspecified atom stereocenters. The molecule has 1 N–H and O–H groups in total. The van der Waals surface area contributed by atoms with Gasteiger partial charge in [-0.3, -0.25) is 13.9 Å². The van der Waals surface area contributed by atoms with Crippen LogP contribution in [0.5, 0.6) is 0 Å². The average molecular weight is 370 g/mol. The first-order valence-corrected chi connectivity index (χ1v) is 8.08. The number of pyridine rings is 1. The Balaban J connectivity index is 1.72. The molecule has 0 radical (unpaired) electrons. The number of fused-ring (bicyclic) bond motifs is 1. The first-order valence-electron chi connectivity index (χ1n) is 7.09.